The lowest BCUT2D eigenvalue weighted by molar-refractivity contribution is -0.146. The van der Waals surface area contributed by atoms with E-state index in [1.807, 2.05) is 0 Å². The largest absolute Gasteiger partial charge is 0.433 e. The summed E-state index contributed by atoms with van der Waals surface area (Å²) in [6.07, 6.45) is 0.269. The number of hydrogen-bond donors (Lipinski definition) is 2. The highest BCUT2D eigenvalue weighted by molar-refractivity contribution is 5.95. The van der Waals surface area contributed by atoms with E-state index in [0.717, 1.165) is 30.1 Å². The number of rotatable bonds is 2. The van der Waals surface area contributed by atoms with Crippen molar-refractivity contribution < 1.29 is 23.1 Å². The Morgan fingerprint density at radius 1 is 1.22 bits per heavy atom. The molecule has 5 nitrogen and oxygen atoms in total. The summed E-state index contributed by atoms with van der Waals surface area (Å²) in [6, 6.07) is -0.173. The molecule has 2 unspecified atom stereocenters. The maximum Gasteiger partial charge on any atom is 0.433 e. The predicted octanol–water partition coefficient (Wildman–Crippen LogP) is 3.33. The van der Waals surface area contributed by atoms with E-state index in [0.29, 0.717) is 18.8 Å². The lowest BCUT2D eigenvalue weighted by Gasteiger charge is -2.58. The Morgan fingerprint density at radius 3 is 2.30 bits per heavy atom. The first-order chi connectivity index (χ1) is 12.4. The van der Waals surface area contributed by atoms with Gasteiger partial charge in [-0.1, -0.05) is 0 Å². The molecular weight excluding hydrogens is 359 g/mol. The highest BCUT2D eigenvalue weighted by Gasteiger charge is 2.55. The molecular formula is C19H26F3N3O2. The molecule has 4 bridgehead atoms. The van der Waals surface area contributed by atoms with E-state index in [1.54, 1.807) is 20.8 Å². The highest BCUT2D eigenvalue weighted by Crippen LogP contribution is 2.55. The van der Waals surface area contributed by atoms with E-state index in [-0.39, 0.29) is 17.9 Å². The zero-order valence-electron chi connectivity index (χ0n) is 15.8. The van der Waals surface area contributed by atoms with E-state index in [1.165, 1.54) is 0 Å². The molecule has 0 radical (unpaired) electrons. The Labute approximate surface area is 156 Å². The number of alkyl halides is 3. The number of nitrogens with one attached hydrogen (secondary N) is 1. The third-order valence-corrected chi connectivity index (χ3v) is 6.46. The van der Waals surface area contributed by atoms with E-state index < -0.39 is 34.5 Å². The van der Waals surface area contributed by atoms with Crippen molar-refractivity contribution in [2.45, 2.75) is 76.2 Å². The Hall–Kier alpha value is -1.57. The Morgan fingerprint density at radius 2 is 1.81 bits per heavy atom. The number of aliphatic hydroxyl groups is 1. The molecule has 4 aliphatic rings. The van der Waals surface area contributed by atoms with Gasteiger partial charge in [-0.3, -0.25) is 9.48 Å². The van der Waals surface area contributed by atoms with E-state index >= 15 is 0 Å². The molecule has 2 atom stereocenters. The summed E-state index contributed by atoms with van der Waals surface area (Å²) < 4.78 is 41.9. The molecule has 4 fully saturated rings. The normalized spacial score (nSPS) is 35.5. The van der Waals surface area contributed by atoms with Gasteiger partial charge in [0.15, 0.2) is 5.69 Å². The summed E-state index contributed by atoms with van der Waals surface area (Å²) in [5, 5.41) is 17.4. The Balaban J connectivity index is 1.60. The first-order valence-electron chi connectivity index (χ1n) is 9.56. The molecule has 2 N–H and O–H groups in total. The highest BCUT2D eigenvalue weighted by atomic mass is 19.4. The van der Waals surface area contributed by atoms with Crippen molar-refractivity contribution in [3.05, 3.63) is 17.5 Å². The fraction of sp³-hybridized carbons (Fsp3) is 0.789. The summed E-state index contributed by atoms with van der Waals surface area (Å²) in [5.41, 5.74) is -2.97. The fourth-order valence-electron chi connectivity index (χ4n) is 5.74. The molecule has 0 spiro atoms. The third kappa shape index (κ3) is 3.15. The van der Waals surface area contributed by atoms with Crippen molar-refractivity contribution >= 4 is 5.91 Å². The number of halogens is 3. The van der Waals surface area contributed by atoms with Crippen LogP contribution in [-0.2, 0) is 11.7 Å². The molecule has 5 rings (SSSR count). The van der Waals surface area contributed by atoms with E-state index in [2.05, 4.69) is 10.4 Å². The minimum atomic E-state index is -4.67. The molecule has 0 saturated heterocycles. The van der Waals surface area contributed by atoms with E-state index in [4.69, 9.17) is 0 Å². The lowest BCUT2D eigenvalue weighted by Crippen LogP contribution is -2.61. The van der Waals surface area contributed by atoms with Crippen LogP contribution in [0.1, 0.15) is 68.9 Å². The molecule has 0 aromatic carbocycles. The van der Waals surface area contributed by atoms with Crippen LogP contribution >= 0.6 is 0 Å². The van der Waals surface area contributed by atoms with E-state index in [9.17, 15) is 23.1 Å². The molecule has 27 heavy (non-hydrogen) atoms. The second-order valence-corrected chi connectivity index (χ2v) is 9.68. The Bertz CT molecular complexity index is 749. The van der Waals surface area contributed by atoms with Crippen LogP contribution in [0.25, 0.3) is 0 Å². The standard InChI is InChI=1S/C19H26F3N3O2/c1-17(2,3)25-15(19(20,21)22)13(9-23-25)16(26)24-14-11-4-10-5-12(14)8-18(27,6-10)7-11/h9-12,14,27H,4-8H2,1-3H3,(H,24,26)/t10?,11?,12?,14-,18+. The van der Waals surface area contributed by atoms with Crippen LogP contribution in [0.3, 0.4) is 0 Å². The van der Waals surface area contributed by atoms with Crippen molar-refractivity contribution in [2.75, 3.05) is 0 Å². The van der Waals surface area contributed by atoms with Crippen molar-refractivity contribution in [3.63, 3.8) is 0 Å². The van der Waals surface area contributed by atoms with Crippen molar-refractivity contribution in [1.29, 1.82) is 0 Å². The molecule has 4 saturated carbocycles. The molecule has 4 aliphatic carbocycles. The second kappa shape index (κ2) is 5.72. The van der Waals surface area contributed by atoms with Crippen LogP contribution in [-0.4, -0.2) is 32.4 Å². The summed E-state index contributed by atoms with van der Waals surface area (Å²) in [6.45, 7) is 4.86. The maximum atomic E-state index is 13.7. The van der Waals surface area contributed by atoms with Gasteiger partial charge in [0.05, 0.1) is 22.9 Å². The van der Waals surface area contributed by atoms with Gasteiger partial charge in [-0.2, -0.15) is 18.3 Å². The average molecular weight is 385 g/mol. The van der Waals surface area contributed by atoms with Crippen molar-refractivity contribution in [1.82, 2.24) is 15.1 Å². The summed E-state index contributed by atoms with van der Waals surface area (Å²) in [4.78, 5) is 12.8. The molecule has 8 heteroatoms. The Kier molecular flexibility index (Phi) is 3.98. The molecule has 1 aromatic rings. The first kappa shape index (κ1) is 18.8. The van der Waals surface area contributed by atoms with Crippen LogP contribution in [0.2, 0.25) is 0 Å². The number of nitrogens with zero attached hydrogens (tertiary/aromatic N) is 2. The van der Waals surface area contributed by atoms with Crippen LogP contribution in [0.5, 0.6) is 0 Å². The molecule has 0 aliphatic heterocycles. The molecule has 1 amide bonds. The van der Waals surface area contributed by atoms with Gasteiger partial charge < -0.3 is 10.4 Å². The number of carbonyl (C=O) groups is 1. The van der Waals surface area contributed by atoms with Gasteiger partial charge in [-0.05, 0) is 70.6 Å². The minimum absolute atomic E-state index is 0.136. The van der Waals surface area contributed by atoms with Crippen molar-refractivity contribution in [2.24, 2.45) is 17.8 Å². The van der Waals surface area contributed by atoms with Crippen LogP contribution in [0.4, 0.5) is 13.2 Å². The minimum Gasteiger partial charge on any atom is -0.390 e. The van der Waals surface area contributed by atoms with Gasteiger partial charge in [0.25, 0.3) is 5.91 Å². The summed E-state index contributed by atoms with van der Waals surface area (Å²) in [5.74, 6) is 0.0201. The molecule has 1 aromatic heterocycles. The quantitative estimate of drug-likeness (QED) is 0.821. The number of hydrogen-bond acceptors (Lipinski definition) is 3. The number of aromatic nitrogens is 2. The van der Waals surface area contributed by atoms with Gasteiger partial charge in [0, 0.05) is 6.04 Å². The van der Waals surface area contributed by atoms with Gasteiger partial charge in [-0.25, -0.2) is 0 Å². The molecule has 150 valence electrons. The zero-order valence-corrected chi connectivity index (χ0v) is 15.8. The van der Waals surface area contributed by atoms with Gasteiger partial charge >= 0.3 is 6.18 Å². The first-order valence-corrected chi connectivity index (χ1v) is 9.56. The smallest absolute Gasteiger partial charge is 0.390 e. The predicted molar refractivity (Wildman–Crippen MR) is 92.0 cm³/mol. The van der Waals surface area contributed by atoms with Gasteiger partial charge in [0.2, 0.25) is 0 Å². The summed E-state index contributed by atoms with van der Waals surface area (Å²) >= 11 is 0. The average Bonchev–Trinajstić information content (AvgIpc) is 2.94. The van der Waals surface area contributed by atoms with Crippen LogP contribution in [0.15, 0.2) is 6.20 Å². The third-order valence-electron chi connectivity index (χ3n) is 6.46. The summed E-state index contributed by atoms with van der Waals surface area (Å²) in [7, 11) is 0. The van der Waals surface area contributed by atoms with Crippen molar-refractivity contribution in [3.8, 4) is 0 Å². The number of amides is 1. The fourth-order valence-corrected chi connectivity index (χ4v) is 5.74. The zero-order chi connectivity index (χ0) is 19.8. The topological polar surface area (TPSA) is 67.2 Å². The maximum absolute atomic E-state index is 13.7. The lowest BCUT2D eigenvalue weighted by atomic mass is 9.52. The second-order valence-electron chi connectivity index (χ2n) is 9.68. The monoisotopic (exact) mass is 385 g/mol. The SMILES string of the molecule is CC(C)(C)n1ncc(C(=O)N[C@H]2C3CC4CC2C[C@@](O)(C4)C3)c1C(F)(F)F. The molecule has 1 heterocycles. The van der Waals surface area contributed by atoms with Crippen LogP contribution in [0, 0.1) is 17.8 Å². The number of carbonyl (C=O) groups excluding carboxylic acids is 1. The van der Waals surface area contributed by atoms with Gasteiger partial charge in [-0.15, -0.1) is 0 Å². The van der Waals surface area contributed by atoms with Crippen LogP contribution < -0.4 is 5.32 Å². The van der Waals surface area contributed by atoms with Gasteiger partial charge in [0.1, 0.15) is 0 Å².